The highest BCUT2D eigenvalue weighted by molar-refractivity contribution is 6.31. The predicted octanol–water partition coefficient (Wildman–Crippen LogP) is 3.53. The summed E-state index contributed by atoms with van der Waals surface area (Å²) in [6.45, 7) is 1.39. The van der Waals surface area contributed by atoms with E-state index in [0.29, 0.717) is 30.8 Å². The second kappa shape index (κ2) is 9.42. The molecule has 0 radical (unpaired) electrons. The summed E-state index contributed by atoms with van der Waals surface area (Å²) in [4.78, 5) is 0. The first-order valence-electron chi connectivity index (χ1n) is 7.98. The van der Waals surface area contributed by atoms with Crippen molar-refractivity contribution < 1.29 is 9.84 Å². The molecule has 0 amide bonds. The number of hydrogen-bond acceptors (Lipinski definition) is 3. The zero-order valence-corrected chi connectivity index (χ0v) is 13.3. The number of ether oxygens (including phenoxy) is 1. The van der Waals surface area contributed by atoms with Crippen molar-refractivity contribution >= 4 is 11.6 Å². The first-order chi connectivity index (χ1) is 10.3. The molecular formula is C17H26ClNO2. The SMILES string of the molecule is OC(CNC1CCCCCC1)COCc1ccccc1Cl. The smallest absolute Gasteiger partial charge is 0.0897 e. The van der Waals surface area contributed by atoms with Crippen LogP contribution in [0.4, 0.5) is 0 Å². The number of nitrogens with one attached hydrogen (secondary N) is 1. The summed E-state index contributed by atoms with van der Waals surface area (Å²) in [6, 6.07) is 8.19. The third-order valence-corrected chi connectivity index (χ3v) is 4.39. The van der Waals surface area contributed by atoms with Crippen molar-refractivity contribution in [1.29, 1.82) is 0 Å². The van der Waals surface area contributed by atoms with Gasteiger partial charge in [-0.1, -0.05) is 55.5 Å². The Balaban J connectivity index is 1.61. The fourth-order valence-corrected chi connectivity index (χ4v) is 2.96. The van der Waals surface area contributed by atoms with Crippen LogP contribution in [0.1, 0.15) is 44.1 Å². The van der Waals surface area contributed by atoms with Gasteiger partial charge in [-0.15, -0.1) is 0 Å². The molecule has 0 saturated heterocycles. The fraction of sp³-hybridized carbons (Fsp3) is 0.647. The summed E-state index contributed by atoms with van der Waals surface area (Å²) in [5.74, 6) is 0. The topological polar surface area (TPSA) is 41.5 Å². The molecule has 0 bridgehead atoms. The van der Waals surface area contributed by atoms with Gasteiger partial charge in [-0.2, -0.15) is 0 Å². The third kappa shape index (κ3) is 6.35. The highest BCUT2D eigenvalue weighted by Crippen LogP contribution is 2.17. The number of aliphatic hydroxyl groups is 1. The van der Waals surface area contributed by atoms with Crippen LogP contribution in [-0.2, 0) is 11.3 Å². The molecule has 1 aliphatic rings. The van der Waals surface area contributed by atoms with Gasteiger partial charge in [0, 0.05) is 17.6 Å². The summed E-state index contributed by atoms with van der Waals surface area (Å²) >= 11 is 6.06. The molecule has 118 valence electrons. The van der Waals surface area contributed by atoms with Crippen molar-refractivity contribution in [3.05, 3.63) is 34.9 Å². The van der Waals surface area contributed by atoms with E-state index in [0.717, 1.165) is 5.56 Å². The minimum Gasteiger partial charge on any atom is -0.389 e. The quantitative estimate of drug-likeness (QED) is 0.757. The molecule has 1 unspecified atom stereocenters. The average Bonchev–Trinajstić information content (AvgIpc) is 2.76. The Morgan fingerprint density at radius 2 is 1.90 bits per heavy atom. The molecule has 1 fully saturated rings. The largest absolute Gasteiger partial charge is 0.389 e. The Labute approximate surface area is 132 Å². The standard InChI is InChI=1S/C17H26ClNO2/c18-17-10-6-5-7-14(17)12-21-13-16(20)11-19-15-8-3-1-2-4-9-15/h5-7,10,15-16,19-20H,1-4,8-9,11-13H2. The Kier molecular flexibility index (Phi) is 7.51. The van der Waals surface area contributed by atoms with Gasteiger partial charge in [0.25, 0.3) is 0 Å². The molecule has 2 rings (SSSR count). The molecule has 21 heavy (non-hydrogen) atoms. The highest BCUT2D eigenvalue weighted by atomic mass is 35.5. The van der Waals surface area contributed by atoms with E-state index in [1.165, 1.54) is 38.5 Å². The molecule has 1 aliphatic carbocycles. The molecule has 1 saturated carbocycles. The van der Waals surface area contributed by atoms with Crippen LogP contribution in [0.5, 0.6) is 0 Å². The third-order valence-electron chi connectivity index (χ3n) is 4.02. The summed E-state index contributed by atoms with van der Waals surface area (Å²) in [5, 5.41) is 14.2. The zero-order chi connectivity index (χ0) is 14.9. The zero-order valence-electron chi connectivity index (χ0n) is 12.6. The number of hydrogen-bond donors (Lipinski definition) is 2. The van der Waals surface area contributed by atoms with Crippen molar-refractivity contribution in [2.24, 2.45) is 0 Å². The van der Waals surface area contributed by atoms with Crippen molar-refractivity contribution in [2.45, 2.75) is 57.3 Å². The lowest BCUT2D eigenvalue weighted by Gasteiger charge is -2.19. The van der Waals surface area contributed by atoms with Crippen molar-refractivity contribution in [3.8, 4) is 0 Å². The normalized spacial score (nSPS) is 18.4. The molecule has 2 N–H and O–H groups in total. The van der Waals surface area contributed by atoms with Crippen LogP contribution < -0.4 is 5.32 Å². The predicted molar refractivity (Wildman–Crippen MR) is 86.6 cm³/mol. The van der Waals surface area contributed by atoms with Crippen LogP contribution in [0.3, 0.4) is 0 Å². The van der Waals surface area contributed by atoms with Crippen molar-refractivity contribution in [2.75, 3.05) is 13.2 Å². The summed E-state index contributed by atoms with van der Waals surface area (Å²) in [5.41, 5.74) is 0.961. The van der Waals surface area contributed by atoms with Gasteiger partial charge >= 0.3 is 0 Å². The van der Waals surface area contributed by atoms with Gasteiger partial charge in [-0.3, -0.25) is 0 Å². The minimum absolute atomic E-state index is 0.338. The van der Waals surface area contributed by atoms with E-state index in [9.17, 15) is 5.11 Å². The molecule has 4 heteroatoms. The number of halogens is 1. The van der Waals surface area contributed by atoms with Gasteiger partial charge < -0.3 is 15.2 Å². The van der Waals surface area contributed by atoms with Gasteiger partial charge in [0.2, 0.25) is 0 Å². The summed E-state index contributed by atoms with van der Waals surface area (Å²) in [6.07, 6.45) is 7.30. The van der Waals surface area contributed by atoms with Gasteiger partial charge in [-0.05, 0) is 24.5 Å². The molecule has 1 aromatic carbocycles. The van der Waals surface area contributed by atoms with Gasteiger partial charge in [0.05, 0.1) is 19.3 Å². The Morgan fingerprint density at radius 3 is 2.62 bits per heavy atom. The molecule has 3 nitrogen and oxygen atoms in total. The minimum atomic E-state index is -0.462. The maximum Gasteiger partial charge on any atom is 0.0897 e. The molecule has 0 heterocycles. The van der Waals surface area contributed by atoms with Crippen molar-refractivity contribution in [1.82, 2.24) is 5.32 Å². The maximum atomic E-state index is 9.98. The highest BCUT2D eigenvalue weighted by Gasteiger charge is 2.13. The first-order valence-corrected chi connectivity index (χ1v) is 8.36. The number of rotatable bonds is 7. The van der Waals surface area contributed by atoms with Crippen LogP contribution in [0, 0.1) is 0 Å². The Hall–Kier alpha value is -0.610. The Bertz CT molecular complexity index is 406. The lowest BCUT2D eigenvalue weighted by molar-refractivity contribution is 0.0274. The maximum absolute atomic E-state index is 9.98. The second-order valence-electron chi connectivity index (χ2n) is 5.86. The molecule has 0 aromatic heterocycles. The van der Waals surface area contributed by atoms with E-state index in [1.807, 2.05) is 24.3 Å². The van der Waals surface area contributed by atoms with Crippen LogP contribution in [0.2, 0.25) is 5.02 Å². The van der Waals surface area contributed by atoms with Gasteiger partial charge in [0.1, 0.15) is 0 Å². The van der Waals surface area contributed by atoms with Crippen molar-refractivity contribution in [3.63, 3.8) is 0 Å². The molecule has 0 spiro atoms. The van der Waals surface area contributed by atoms with Gasteiger partial charge in [0.15, 0.2) is 0 Å². The average molecular weight is 312 g/mol. The van der Waals surface area contributed by atoms with Crippen LogP contribution in [0.15, 0.2) is 24.3 Å². The van der Waals surface area contributed by atoms with E-state index < -0.39 is 6.10 Å². The van der Waals surface area contributed by atoms with E-state index in [4.69, 9.17) is 16.3 Å². The monoisotopic (exact) mass is 311 g/mol. The summed E-state index contributed by atoms with van der Waals surface area (Å²) < 4.78 is 5.55. The fourth-order valence-electron chi connectivity index (χ4n) is 2.77. The van der Waals surface area contributed by atoms with Crippen LogP contribution in [0.25, 0.3) is 0 Å². The van der Waals surface area contributed by atoms with Crippen LogP contribution in [-0.4, -0.2) is 30.4 Å². The molecular weight excluding hydrogens is 286 g/mol. The molecule has 1 aromatic rings. The van der Waals surface area contributed by atoms with E-state index >= 15 is 0 Å². The lowest BCUT2D eigenvalue weighted by atomic mass is 10.1. The van der Waals surface area contributed by atoms with E-state index in [-0.39, 0.29) is 0 Å². The second-order valence-corrected chi connectivity index (χ2v) is 6.26. The number of benzene rings is 1. The van der Waals surface area contributed by atoms with Crippen LogP contribution >= 0.6 is 11.6 Å². The lowest BCUT2D eigenvalue weighted by Crippen LogP contribution is -2.37. The molecule has 1 atom stereocenters. The van der Waals surface area contributed by atoms with E-state index in [1.54, 1.807) is 0 Å². The summed E-state index contributed by atoms with van der Waals surface area (Å²) in [7, 11) is 0. The molecule has 0 aliphatic heterocycles. The van der Waals surface area contributed by atoms with E-state index in [2.05, 4.69) is 5.32 Å². The first kappa shape index (κ1) is 16.8. The Morgan fingerprint density at radius 1 is 1.19 bits per heavy atom. The van der Waals surface area contributed by atoms with Gasteiger partial charge in [-0.25, -0.2) is 0 Å². The number of aliphatic hydroxyl groups excluding tert-OH is 1.